The molecule has 30 heavy (non-hydrogen) atoms. The van der Waals surface area contributed by atoms with E-state index in [4.69, 9.17) is 4.98 Å². The van der Waals surface area contributed by atoms with Crippen LogP contribution in [0, 0.1) is 24.0 Å². The second-order valence-corrected chi connectivity index (χ2v) is 7.10. The molecule has 0 aliphatic rings. The van der Waals surface area contributed by atoms with Gasteiger partial charge < -0.3 is 0 Å². The molecule has 0 bridgehead atoms. The largest absolute Gasteiger partial charge is 0.269 e. The van der Waals surface area contributed by atoms with Crippen LogP contribution in [0.5, 0.6) is 0 Å². The molecule has 0 spiro atoms. The second-order valence-electron chi connectivity index (χ2n) is 7.10. The van der Waals surface area contributed by atoms with Crippen molar-refractivity contribution in [3.8, 4) is 5.69 Å². The Morgan fingerprint density at radius 1 is 0.967 bits per heavy atom. The third kappa shape index (κ3) is 3.63. The summed E-state index contributed by atoms with van der Waals surface area (Å²) in [5.41, 5.74) is 4.13. The van der Waals surface area contributed by atoms with Crippen molar-refractivity contribution in [2.24, 2.45) is 0 Å². The standard InChI is InChI=1S/C24H19N3O3/c1-16-7-13-22(17(2)15-16)26-23(25-21-6-4-3-5-20(21)24(26)28)14-10-18-8-11-19(12-9-18)27(29)30/h3-15H,1-2H3/b14-10+. The molecule has 0 unspecified atom stereocenters. The lowest BCUT2D eigenvalue weighted by Crippen LogP contribution is -2.23. The Morgan fingerprint density at radius 3 is 2.40 bits per heavy atom. The van der Waals surface area contributed by atoms with Gasteiger partial charge in [-0.25, -0.2) is 4.98 Å². The fourth-order valence-electron chi connectivity index (χ4n) is 3.43. The lowest BCUT2D eigenvalue weighted by Gasteiger charge is -2.14. The summed E-state index contributed by atoms with van der Waals surface area (Å²) in [5.74, 6) is 0.490. The van der Waals surface area contributed by atoms with Gasteiger partial charge in [0.25, 0.3) is 11.2 Å². The predicted molar refractivity (Wildman–Crippen MR) is 119 cm³/mol. The second kappa shape index (κ2) is 7.75. The van der Waals surface area contributed by atoms with Gasteiger partial charge in [-0.3, -0.25) is 19.5 Å². The van der Waals surface area contributed by atoms with Crippen LogP contribution in [0.25, 0.3) is 28.7 Å². The van der Waals surface area contributed by atoms with Crippen molar-refractivity contribution in [3.05, 3.63) is 110 Å². The topological polar surface area (TPSA) is 78.0 Å². The maximum atomic E-state index is 13.3. The number of nitrogens with zero attached hydrogens (tertiary/aromatic N) is 3. The Hall–Kier alpha value is -4.06. The number of fused-ring (bicyclic) bond motifs is 1. The normalized spacial score (nSPS) is 11.3. The third-order valence-electron chi connectivity index (χ3n) is 4.92. The van der Waals surface area contributed by atoms with Crippen molar-refractivity contribution in [3.63, 3.8) is 0 Å². The summed E-state index contributed by atoms with van der Waals surface area (Å²) in [5, 5.41) is 11.4. The van der Waals surface area contributed by atoms with Crippen LogP contribution in [-0.4, -0.2) is 14.5 Å². The van der Waals surface area contributed by atoms with E-state index < -0.39 is 4.92 Å². The number of benzene rings is 3. The minimum Gasteiger partial charge on any atom is -0.268 e. The Bertz CT molecular complexity index is 1350. The van der Waals surface area contributed by atoms with Crippen LogP contribution in [-0.2, 0) is 0 Å². The van der Waals surface area contributed by atoms with Crippen molar-refractivity contribution in [1.29, 1.82) is 0 Å². The van der Waals surface area contributed by atoms with Crippen LogP contribution in [0.15, 0.2) is 71.5 Å². The number of hydrogen-bond acceptors (Lipinski definition) is 4. The Balaban J connectivity index is 1.89. The smallest absolute Gasteiger partial charge is 0.268 e. The molecule has 0 saturated carbocycles. The van der Waals surface area contributed by atoms with Crippen LogP contribution in [0.3, 0.4) is 0 Å². The van der Waals surface area contributed by atoms with Crippen molar-refractivity contribution in [1.82, 2.24) is 9.55 Å². The summed E-state index contributed by atoms with van der Waals surface area (Å²) in [4.78, 5) is 28.5. The van der Waals surface area contributed by atoms with Gasteiger partial charge in [-0.1, -0.05) is 35.9 Å². The molecular formula is C24H19N3O3. The summed E-state index contributed by atoms with van der Waals surface area (Å²) < 4.78 is 1.61. The number of hydrogen-bond donors (Lipinski definition) is 0. The summed E-state index contributed by atoms with van der Waals surface area (Å²) >= 11 is 0. The zero-order chi connectivity index (χ0) is 21.3. The van der Waals surface area contributed by atoms with E-state index >= 15 is 0 Å². The van der Waals surface area contributed by atoms with Gasteiger partial charge in [0.2, 0.25) is 0 Å². The minimum atomic E-state index is -0.434. The Kier molecular flexibility index (Phi) is 4.98. The van der Waals surface area contributed by atoms with Gasteiger partial charge in [-0.15, -0.1) is 0 Å². The predicted octanol–water partition coefficient (Wildman–Crippen LogP) is 5.08. The van der Waals surface area contributed by atoms with Crippen molar-refractivity contribution < 1.29 is 4.92 Å². The molecule has 148 valence electrons. The van der Waals surface area contributed by atoms with E-state index in [1.165, 1.54) is 12.1 Å². The molecule has 0 radical (unpaired) electrons. The summed E-state index contributed by atoms with van der Waals surface area (Å²) in [6.45, 7) is 3.97. The highest BCUT2D eigenvalue weighted by Gasteiger charge is 2.13. The minimum absolute atomic E-state index is 0.0307. The number of rotatable bonds is 4. The van der Waals surface area contributed by atoms with Crippen LogP contribution in [0.2, 0.25) is 0 Å². The molecule has 1 heterocycles. The molecule has 1 aromatic heterocycles. The average molecular weight is 397 g/mol. The molecule has 6 heteroatoms. The van der Waals surface area contributed by atoms with Gasteiger partial charge in [0.1, 0.15) is 5.82 Å². The lowest BCUT2D eigenvalue weighted by atomic mass is 10.1. The Labute approximate surface area is 172 Å². The first-order valence-corrected chi connectivity index (χ1v) is 9.46. The molecule has 0 fully saturated rings. The van der Waals surface area contributed by atoms with Gasteiger partial charge in [0, 0.05) is 12.1 Å². The zero-order valence-corrected chi connectivity index (χ0v) is 16.6. The first-order valence-electron chi connectivity index (χ1n) is 9.46. The highest BCUT2D eigenvalue weighted by molar-refractivity contribution is 5.80. The number of nitro benzene ring substituents is 1. The molecule has 0 saturated heterocycles. The quantitative estimate of drug-likeness (QED) is 0.355. The summed E-state index contributed by atoms with van der Waals surface area (Å²) in [7, 11) is 0. The molecule has 0 aliphatic carbocycles. The lowest BCUT2D eigenvalue weighted by molar-refractivity contribution is -0.384. The van der Waals surface area contributed by atoms with Crippen molar-refractivity contribution in [2.75, 3.05) is 0 Å². The van der Waals surface area contributed by atoms with Crippen LogP contribution < -0.4 is 5.56 Å². The molecule has 0 amide bonds. The maximum absolute atomic E-state index is 13.3. The summed E-state index contributed by atoms with van der Waals surface area (Å²) in [6.07, 6.45) is 3.55. The van der Waals surface area contributed by atoms with E-state index in [1.54, 1.807) is 34.9 Å². The maximum Gasteiger partial charge on any atom is 0.269 e. The van der Waals surface area contributed by atoms with E-state index in [0.717, 1.165) is 22.4 Å². The highest BCUT2D eigenvalue weighted by Crippen LogP contribution is 2.20. The number of non-ortho nitro benzene ring substituents is 1. The van der Waals surface area contributed by atoms with Crippen LogP contribution in [0.1, 0.15) is 22.5 Å². The molecule has 0 N–H and O–H groups in total. The average Bonchev–Trinajstić information content (AvgIpc) is 2.73. The first-order chi connectivity index (χ1) is 14.4. The Morgan fingerprint density at radius 2 is 1.70 bits per heavy atom. The fraction of sp³-hybridized carbons (Fsp3) is 0.0833. The number of aromatic nitrogens is 2. The first kappa shape index (κ1) is 19.3. The number of nitro groups is 1. The molecule has 3 aromatic carbocycles. The molecule has 0 aliphatic heterocycles. The monoisotopic (exact) mass is 397 g/mol. The molecule has 4 aromatic rings. The fourth-order valence-corrected chi connectivity index (χ4v) is 3.43. The molecule has 0 atom stereocenters. The van der Waals surface area contributed by atoms with Crippen LogP contribution >= 0.6 is 0 Å². The van der Waals surface area contributed by atoms with Gasteiger partial charge in [0.15, 0.2) is 0 Å². The van der Waals surface area contributed by atoms with Gasteiger partial charge in [-0.2, -0.15) is 0 Å². The number of aryl methyl sites for hydroxylation is 2. The highest BCUT2D eigenvalue weighted by atomic mass is 16.6. The van der Waals surface area contributed by atoms with Crippen molar-refractivity contribution >= 4 is 28.7 Å². The van der Waals surface area contributed by atoms with E-state index in [0.29, 0.717) is 16.7 Å². The van der Waals surface area contributed by atoms with Gasteiger partial charge in [0.05, 0.1) is 21.5 Å². The third-order valence-corrected chi connectivity index (χ3v) is 4.92. The van der Waals surface area contributed by atoms with Gasteiger partial charge >= 0.3 is 0 Å². The van der Waals surface area contributed by atoms with E-state index in [9.17, 15) is 14.9 Å². The van der Waals surface area contributed by atoms with Crippen LogP contribution in [0.4, 0.5) is 5.69 Å². The summed E-state index contributed by atoms with van der Waals surface area (Å²) in [6, 6.07) is 19.4. The molecule has 6 nitrogen and oxygen atoms in total. The zero-order valence-electron chi connectivity index (χ0n) is 16.6. The van der Waals surface area contributed by atoms with E-state index in [-0.39, 0.29) is 11.2 Å². The van der Waals surface area contributed by atoms with E-state index in [2.05, 4.69) is 0 Å². The van der Waals surface area contributed by atoms with Gasteiger partial charge in [-0.05, 0) is 61.4 Å². The van der Waals surface area contributed by atoms with E-state index in [1.807, 2.05) is 50.2 Å². The number of para-hydroxylation sites is 1. The van der Waals surface area contributed by atoms with Crippen molar-refractivity contribution in [2.45, 2.75) is 13.8 Å². The molecule has 4 rings (SSSR count). The SMILES string of the molecule is Cc1ccc(-n2c(/C=C/c3ccc([N+](=O)[O-])cc3)nc3ccccc3c2=O)c(C)c1. The molecular weight excluding hydrogens is 378 g/mol.